The van der Waals surface area contributed by atoms with Crippen LogP contribution in [-0.4, -0.2) is 0 Å². The Hall–Kier alpha value is -1.81. The van der Waals surface area contributed by atoms with E-state index in [1.165, 1.54) is 75.5 Å². The van der Waals surface area contributed by atoms with E-state index in [0.29, 0.717) is 11.5 Å². The Bertz CT molecular complexity index is 985. The molecule has 38 heavy (non-hydrogen) atoms. The maximum Gasteiger partial charge on any atom is 0.386 e. The number of hydrogen-bond acceptors (Lipinski definition) is 1. The lowest BCUT2D eigenvalue weighted by Crippen LogP contribution is -2.22. The van der Waals surface area contributed by atoms with Crippen LogP contribution in [0, 0.1) is 17.7 Å². The molecule has 1 unspecified atom stereocenters. The van der Waals surface area contributed by atoms with Gasteiger partial charge in [-0.25, -0.2) is 4.39 Å². The van der Waals surface area contributed by atoms with E-state index >= 15 is 8.78 Å². The molecule has 1 nitrogen and oxygen atoms in total. The third kappa shape index (κ3) is 7.43. The maximum absolute atomic E-state index is 15.1. The van der Waals surface area contributed by atoms with Gasteiger partial charge >= 0.3 is 6.11 Å². The molecule has 0 amide bonds. The van der Waals surface area contributed by atoms with Crippen molar-refractivity contribution in [2.75, 3.05) is 0 Å². The first-order valence-electron chi connectivity index (χ1n) is 15.3. The van der Waals surface area contributed by atoms with Gasteiger partial charge in [-0.1, -0.05) is 76.3 Å². The van der Waals surface area contributed by atoms with Crippen molar-refractivity contribution in [2.45, 2.75) is 128 Å². The highest BCUT2D eigenvalue weighted by Crippen LogP contribution is 2.42. The molecule has 1 atom stereocenters. The molecular formula is C34H47F3O. The number of alkyl halides is 2. The summed E-state index contributed by atoms with van der Waals surface area (Å²) in [6, 6.07) is 12.1. The molecule has 2 fully saturated rings. The highest BCUT2D eigenvalue weighted by molar-refractivity contribution is 5.30. The van der Waals surface area contributed by atoms with E-state index in [2.05, 4.69) is 26.0 Å². The van der Waals surface area contributed by atoms with Gasteiger partial charge in [0.2, 0.25) is 0 Å². The predicted molar refractivity (Wildman–Crippen MR) is 150 cm³/mol. The molecule has 0 bridgehead atoms. The second-order valence-corrected chi connectivity index (χ2v) is 12.0. The van der Waals surface area contributed by atoms with Crippen LogP contribution in [0.1, 0.15) is 144 Å². The van der Waals surface area contributed by atoms with Gasteiger partial charge in [0.25, 0.3) is 0 Å². The first-order chi connectivity index (χ1) is 18.3. The van der Waals surface area contributed by atoms with E-state index in [1.807, 2.05) is 12.1 Å². The van der Waals surface area contributed by atoms with Gasteiger partial charge in [0.15, 0.2) is 0 Å². The van der Waals surface area contributed by atoms with Gasteiger partial charge in [-0.2, -0.15) is 8.78 Å². The molecule has 2 aromatic carbocycles. The van der Waals surface area contributed by atoms with Gasteiger partial charge in [0.1, 0.15) is 5.82 Å². The SMILES string of the molecule is CCCCCC1CCC(c2ccc(C(F)(F)OC(C)c3ccc(C4CCC(CC)CC4)cc3)c(F)c2)CC1. The van der Waals surface area contributed by atoms with Crippen LogP contribution in [0.3, 0.4) is 0 Å². The fourth-order valence-electron chi connectivity index (χ4n) is 6.79. The number of halogens is 3. The van der Waals surface area contributed by atoms with E-state index in [1.54, 1.807) is 13.0 Å². The number of ether oxygens (including phenoxy) is 1. The van der Waals surface area contributed by atoms with Crippen molar-refractivity contribution in [3.05, 3.63) is 70.5 Å². The third-order valence-electron chi connectivity index (χ3n) is 9.47. The summed E-state index contributed by atoms with van der Waals surface area (Å²) in [5.74, 6) is 1.53. The smallest absolute Gasteiger partial charge is 0.309 e. The summed E-state index contributed by atoms with van der Waals surface area (Å²) < 4.78 is 50.4. The fourth-order valence-corrected chi connectivity index (χ4v) is 6.79. The van der Waals surface area contributed by atoms with Crippen LogP contribution < -0.4 is 0 Å². The Labute approximate surface area is 228 Å². The zero-order valence-corrected chi connectivity index (χ0v) is 23.7. The largest absolute Gasteiger partial charge is 0.386 e. The van der Waals surface area contributed by atoms with Crippen LogP contribution in [0.2, 0.25) is 0 Å². The van der Waals surface area contributed by atoms with Crippen molar-refractivity contribution in [2.24, 2.45) is 11.8 Å². The summed E-state index contributed by atoms with van der Waals surface area (Å²) in [6.45, 7) is 6.10. The Kier molecular flexibility index (Phi) is 10.4. The first-order valence-corrected chi connectivity index (χ1v) is 15.3. The topological polar surface area (TPSA) is 9.23 Å². The zero-order valence-electron chi connectivity index (χ0n) is 23.7. The van der Waals surface area contributed by atoms with E-state index < -0.39 is 23.6 Å². The van der Waals surface area contributed by atoms with Crippen LogP contribution in [0.5, 0.6) is 0 Å². The number of benzene rings is 2. The molecule has 4 heteroatoms. The van der Waals surface area contributed by atoms with Gasteiger partial charge in [-0.15, -0.1) is 0 Å². The van der Waals surface area contributed by atoms with Crippen LogP contribution in [-0.2, 0) is 10.8 Å². The molecule has 0 aromatic heterocycles. The second kappa shape index (κ2) is 13.5. The van der Waals surface area contributed by atoms with Crippen molar-refractivity contribution < 1.29 is 17.9 Å². The normalized spacial score (nSPS) is 25.3. The molecule has 0 heterocycles. The summed E-state index contributed by atoms with van der Waals surface area (Å²) in [5.41, 5.74) is 2.12. The third-order valence-corrected chi connectivity index (χ3v) is 9.47. The molecule has 2 aliphatic rings. The molecule has 0 N–H and O–H groups in total. The summed E-state index contributed by atoms with van der Waals surface area (Å²) in [6.07, 6.45) is 11.0. The van der Waals surface area contributed by atoms with Crippen molar-refractivity contribution in [3.63, 3.8) is 0 Å². The minimum absolute atomic E-state index is 0.255. The van der Waals surface area contributed by atoms with Gasteiger partial charge in [0, 0.05) is 0 Å². The molecule has 0 aliphatic heterocycles. The number of rotatable bonds is 11. The Morgan fingerprint density at radius 1 is 0.789 bits per heavy atom. The number of unbranched alkanes of at least 4 members (excludes halogenated alkanes) is 2. The molecule has 2 aromatic rings. The molecule has 0 saturated heterocycles. The lowest BCUT2D eigenvalue weighted by molar-refractivity contribution is -0.273. The van der Waals surface area contributed by atoms with Crippen LogP contribution in [0.4, 0.5) is 13.2 Å². The maximum atomic E-state index is 15.1. The van der Waals surface area contributed by atoms with Crippen molar-refractivity contribution in [1.29, 1.82) is 0 Å². The lowest BCUT2D eigenvalue weighted by atomic mass is 9.77. The summed E-state index contributed by atoms with van der Waals surface area (Å²) in [4.78, 5) is 0. The van der Waals surface area contributed by atoms with E-state index in [4.69, 9.17) is 4.74 Å². The van der Waals surface area contributed by atoms with Gasteiger partial charge < -0.3 is 4.74 Å². The number of hydrogen-bond donors (Lipinski definition) is 0. The molecule has 210 valence electrons. The summed E-state index contributed by atoms with van der Waals surface area (Å²) >= 11 is 0. The molecule has 0 radical (unpaired) electrons. The predicted octanol–water partition coefficient (Wildman–Crippen LogP) is 11.2. The van der Waals surface area contributed by atoms with Gasteiger partial charge in [0.05, 0.1) is 11.7 Å². The van der Waals surface area contributed by atoms with Crippen LogP contribution in [0.15, 0.2) is 42.5 Å². The summed E-state index contributed by atoms with van der Waals surface area (Å²) in [5, 5.41) is 0. The average Bonchev–Trinajstić information content (AvgIpc) is 2.93. The Morgan fingerprint density at radius 3 is 1.95 bits per heavy atom. The van der Waals surface area contributed by atoms with Crippen LogP contribution >= 0.6 is 0 Å². The molecular weight excluding hydrogens is 481 g/mol. The fraction of sp³-hybridized carbons (Fsp3) is 0.647. The van der Waals surface area contributed by atoms with Gasteiger partial charge in [-0.05, 0) is 111 Å². The van der Waals surface area contributed by atoms with E-state index in [0.717, 1.165) is 43.1 Å². The lowest BCUT2D eigenvalue weighted by Gasteiger charge is -2.29. The van der Waals surface area contributed by atoms with E-state index in [9.17, 15) is 4.39 Å². The first kappa shape index (κ1) is 29.2. The average molecular weight is 529 g/mol. The Morgan fingerprint density at radius 2 is 1.37 bits per heavy atom. The van der Waals surface area contributed by atoms with Crippen LogP contribution in [0.25, 0.3) is 0 Å². The van der Waals surface area contributed by atoms with Crippen molar-refractivity contribution in [3.8, 4) is 0 Å². The molecule has 0 spiro atoms. The quantitative estimate of drug-likeness (QED) is 0.264. The highest BCUT2D eigenvalue weighted by atomic mass is 19.3. The Balaban J connectivity index is 1.33. The monoisotopic (exact) mass is 528 g/mol. The van der Waals surface area contributed by atoms with E-state index in [-0.39, 0.29) is 5.92 Å². The van der Waals surface area contributed by atoms with Crippen molar-refractivity contribution in [1.82, 2.24) is 0 Å². The molecule has 2 saturated carbocycles. The van der Waals surface area contributed by atoms with Crippen molar-refractivity contribution >= 4 is 0 Å². The highest BCUT2D eigenvalue weighted by Gasteiger charge is 2.38. The minimum atomic E-state index is -3.70. The molecule has 4 rings (SSSR count). The standard InChI is InChI=1S/C34H47F3O/c1-4-6-7-8-26-11-15-30(16-12-26)31-21-22-32(33(35)23-31)34(36,37)38-24(3)27-17-19-29(20-18-27)28-13-9-25(5-2)10-14-28/h17-26,28,30H,4-16H2,1-3H3. The second-order valence-electron chi connectivity index (χ2n) is 12.0. The van der Waals surface area contributed by atoms with Gasteiger partial charge in [-0.3, -0.25) is 0 Å². The zero-order chi connectivity index (χ0) is 27.1. The minimum Gasteiger partial charge on any atom is -0.309 e. The summed E-state index contributed by atoms with van der Waals surface area (Å²) in [7, 11) is 0. The molecule has 2 aliphatic carbocycles.